The normalized spacial score (nSPS) is 17.0. The zero-order valence-corrected chi connectivity index (χ0v) is 8.50. The molecule has 1 saturated carbocycles. The van der Waals surface area contributed by atoms with Crippen LogP contribution in [-0.2, 0) is 9.59 Å². The first kappa shape index (κ1) is 12.3. The fourth-order valence-electron chi connectivity index (χ4n) is 1.39. The van der Waals surface area contributed by atoms with E-state index in [0.717, 1.165) is 31.8 Å². The molecule has 76 valence electrons. The van der Waals surface area contributed by atoms with Crippen molar-refractivity contribution in [2.45, 2.75) is 51.9 Å². The minimum absolute atomic E-state index is 0.406. The van der Waals surface area contributed by atoms with Crippen molar-refractivity contribution >= 4 is 12.6 Å². The maximum absolute atomic E-state index is 10.2. The van der Waals surface area contributed by atoms with Crippen molar-refractivity contribution in [3.05, 3.63) is 0 Å². The quantitative estimate of drug-likeness (QED) is 0.632. The van der Waals surface area contributed by atoms with Crippen LogP contribution in [0.5, 0.6) is 0 Å². The Labute approximate surface area is 80.7 Å². The summed E-state index contributed by atoms with van der Waals surface area (Å²) in [6, 6.07) is 0. The van der Waals surface area contributed by atoms with Crippen LogP contribution in [0.25, 0.3) is 0 Å². The number of hydrogen-bond acceptors (Lipinski definition) is 2. The summed E-state index contributed by atoms with van der Waals surface area (Å²) in [5.41, 5.74) is 0. The number of unbranched alkanes of at least 4 members (excludes halogenated alkanes) is 1. The van der Waals surface area contributed by atoms with E-state index in [0.29, 0.717) is 12.3 Å². The first-order valence-corrected chi connectivity index (χ1v) is 5.24. The summed E-state index contributed by atoms with van der Waals surface area (Å²) in [7, 11) is 0. The number of carbonyl (C=O) groups is 2. The highest BCUT2D eigenvalue weighted by atomic mass is 16.1. The van der Waals surface area contributed by atoms with Crippen LogP contribution in [0.4, 0.5) is 0 Å². The summed E-state index contributed by atoms with van der Waals surface area (Å²) in [5, 5.41) is 0. The smallest absolute Gasteiger partial charge is 0.123 e. The lowest BCUT2D eigenvalue weighted by atomic mass is 9.91. The molecule has 0 saturated heterocycles. The molecule has 1 aliphatic carbocycles. The van der Waals surface area contributed by atoms with Crippen molar-refractivity contribution in [3.63, 3.8) is 0 Å². The Balaban J connectivity index is 0.000000252. The van der Waals surface area contributed by atoms with Gasteiger partial charge in [0.1, 0.15) is 12.6 Å². The number of hydrogen-bond donors (Lipinski definition) is 0. The lowest BCUT2D eigenvalue weighted by Crippen LogP contribution is -2.06. The molecule has 0 aromatic carbocycles. The average Bonchev–Trinajstić information content (AvgIpc) is 2.21. The van der Waals surface area contributed by atoms with Gasteiger partial charge in [0, 0.05) is 12.3 Å². The van der Waals surface area contributed by atoms with Crippen molar-refractivity contribution in [3.8, 4) is 0 Å². The van der Waals surface area contributed by atoms with Gasteiger partial charge in [-0.25, -0.2) is 0 Å². The van der Waals surface area contributed by atoms with Gasteiger partial charge in [0.15, 0.2) is 0 Å². The number of rotatable bonds is 3. The highest BCUT2D eigenvalue weighted by molar-refractivity contribution is 5.53. The summed E-state index contributed by atoms with van der Waals surface area (Å²) >= 11 is 0. The second-order valence-corrected chi connectivity index (χ2v) is 3.49. The maximum atomic E-state index is 10.2. The van der Waals surface area contributed by atoms with E-state index in [1.54, 1.807) is 0 Å². The third kappa shape index (κ3) is 7.69. The standard InChI is InChI=1S/C7H12O.C4H8O/c8-6-7-4-2-1-3-5-7;1-2-3-4-5/h6-7H,1-5H2;4H,2-3H2,1H3. The van der Waals surface area contributed by atoms with Crippen LogP contribution in [0.1, 0.15) is 51.9 Å². The van der Waals surface area contributed by atoms with E-state index in [1.165, 1.54) is 19.3 Å². The summed E-state index contributed by atoms with van der Waals surface area (Å²) in [6.45, 7) is 1.98. The fraction of sp³-hybridized carbons (Fsp3) is 0.818. The molecule has 0 aromatic heterocycles. The highest BCUT2D eigenvalue weighted by Gasteiger charge is 2.10. The average molecular weight is 184 g/mol. The Bertz CT molecular complexity index is 126. The Morgan fingerprint density at radius 3 is 2.00 bits per heavy atom. The van der Waals surface area contributed by atoms with E-state index < -0.39 is 0 Å². The monoisotopic (exact) mass is 184 g/mol. The van der Waals surface area contributed by atoms with E-state index in [9.17, 15) is 9.59 Å². The maximum Gasteiger partial charge on any atom is 0.123 e. The van der Waals surface area contributed by atoms with Crippen LogP contribution in [0.3, 0.4) is 0 Å². The Hall–Kier alpha value is -0.660. The summed E-state index contributed by atoms with van der Waals surface area (Å²) in [6.07, 6.45) is 9.88. The molecule has 1 rings (SSSR count). The molecule has 1 fully saturated rings. The second-order valence-electron chi connectivity index (χ2n) is 3.49. The largest absolute Gasteiger partial charge is 0.303 e. The molecule has 2 heteroatoms. The SMILES string of the molecule is CCCC=O.O=CC1CCCCC1. The van der Waals surface area contributed by atoms with E-state index in [1.807, 2.05) is 6.92 Å². The molecule has 0 spiro atoms. The van der Waals surface area contributed by atoms with Gasteiger partial charge in [-0.15, -0.1) is 0 Å². The summed E-state index contributed by atoms with van der Waals surface area (Å²) in [5.74, 6) is 0.406. The molecule has 1 aliphatic rings. The first-order valence-electron chi connectivity index (χ1n) is 5.24. The predicted octanol–water partition coefficient (Wildman–Crippen LogP) is 2.75. The highest BCUT2D eigenvalue weighted by Crippen LogP contribution is 2.21. The predicted molar refractivity (Wildman–Crippen MR) is 53.6 cm³/mol. The Kier molecular flexibility index (Phi) is 8.95. The van der Waals surface area contributed by atoms with Gasteiger partial charge in [0.05, 0.1) is 0 Å². The zero-order chi connectivity index (χ0) is 9.94. The lowest BCUT2D eigenvalue weighted by Gasteiger charge is -2.14. The minimum Gasteiger partial charge on any atom is -0.303 e. The molecule has 0 N–H and O–H groups in total. The number of aldehydes is 2. The van der Waals surface area contributed by atoms with Crippen molar-refractivity contribution in [2.24, 2.45) is 5.92 Å². The van der Waals surface area contributed by atoms with E-state index in [2.05, 4.69) is 0 Å². The van der Waals surface area contributed by atoms with Crippen LogP contribution in [0.2, 0.25) is 0 Å². The molecule has 0 aliphatic heterocycles. The van der Waals surface area contributed by atoms with Crippen molar-refractivity contribution in [2.75, 3.05) is 0 Å². The van der Waals surface area contributed by atoms with E-state index in [4.69, 9.17) is 0 Å². The zero-order valence-electron chi connectivity index (χ0n) is 8.50. The lowest BCUT2D eigenvalue weighted by molar-refractivity contribution is -0.112. The molecule has 13 heavy (non-hydrogen) atoms. The topological polar surface area (TPSA) is 34.1 Å². The van der Waals surface area contributed by atoms with Crippen LogP contribution < -0.4 is 0 Å². The van der Waals surface area contributed by atoms with Gasteiger partial charge in [-0.05, 0) is 19.3 Å². The van der Waals surface area contributed by atoms with Gasteiger partial charge in [-0.1, -0.05) is 26.2 Å². The molecule has 0 aromatic rings. The molecule has 2 nitrogen and oxygen atoms in total. The molecule has 0 radical (unpaired) electrons. The van der Waals surface area contributed by atoms with Gasteiger partial charge in [-0.3, -0.25) is 0 Å². The van der Waals surface area contributed by atoms with Crippen molar-refractivity contribution in [1.82, 2.24) is 0 Å². The summed E-state index contributed by atoms with van der Waals surface area (Å²) < 4.78 is 0. The minimum atomic E-state index is 0.406. The van der Waals surface area contributed by atoms with E-state index in [-0.39, 0.29) is 0 Å². The van der Waals surface area contributed by atoms with Crippen molar-refractivity contribution in [1.29, 1.82) is 0 Å². The van der Waals surface area contributed by atoms with Crippen LogP contribution >= 0.6 is 0 Å². The van der Waals surface area contributed by atoms with E-state index >= 15 is 0 Å². The van der Waals surface area contributed by atoms with Gasteiger partial charge in [0.25, 0.3) is 0 Å². The van der Waals surface area contributed by atoms with Gasteiger partial charge in [-0.2, -0.15) is 0 Å². The third-order valence-electron chi connectivity index (χ3n) is 2.25. The van der Waals surface area contributed by atoms with Crippen LogP contribution in [-0.4, -0.2) is 12.6 Å². The molecule has 0 unspecified atom stereocenters. The molecular weight excluding hydrogens is 164 g/mol. The molecule has 0 amide bonds. The molecule has 0 bridgehead atoms. The van der Waals surface area contributed by atoms with Gasteiger partial charge >= 0.3 is 0 Å². The third-order valence-corrected chi connectivity index (χ3v) is 2.25. The first-order chi connectivity index (χ1) is 6.35. The summed E-state index contributed by atoms with van der Waals surface area (Å²) in [4.78, 5) is 19.6. The van der Waals surface area contributed by atoms with Gasteiger partial charge in [0.2, 0.25) is 0 Å². The fourth-order valence-corrected chi connectivity index (χ4v) is 1.39. The Morgan fingerprint density at radius 2 is 1.77 bits per heavy atom. The van der Waals surface area contributed by atoms with Crippen LogP contribution in [0.15, 0.2) is 0 Å². The molecule has 0 atom stereocenters. The Morgan fingerprint density at radius 1 is 1.15 bits per heavy atom. The molecular formula is C11H20O2. The van der Waals surface area contributed by atoms with Gasteiger partial charge < -0.3 is 9.59 Å². The van der Waals surface area contributed by atoms with Crippen molar-refractivity contribution < 1.29 is 9.59 Å². The molecule has 0 heterocycles. The second kappa shape index (κ2) is 9.43. The van der Waals surface area contributed by atoms with Crippen LogP contribution in [0, 0.1) is 5.92 Å². The number of carbonyl (C=O) groups excluding carboxylic acids is 2.